The van der Waals surface area contributed by atoms with Crippen LogP contribution in [0.4, 0.5) is 13.2 Å². The largest absolute Gasteiger partial charge is 0.450 e. The second kappa shape index (κ2) is 12.8. The van der Waals surface area contributed by atoms with E-state index >= 15 is 0 Å². The number of carbonyl (C=O) groups excluding carboxylic acids is 3. The van der Waals surface area contributed by atoms with Crippen LogP contribution < -0.4 is 10.6 Å². The van der Waals surface area contributed by atoms with E-state index in [0.29, 0.717) is 18.6 Å². The number of thioether (sulfide) groups is 1. The average Bonchev–Trinajstić information content (AvgIpc) is 2.73. The lowest BCUT2D eigenvalue weighted by Crippen LogP contribution is -2.51. The van der Waals surface area contributed by atoms with Crippen LogP contribution in [0.15, 0.2) is 30.3 Å². The molecular formula is C22H30F3N3O3S. The smallest absolute Gasteiger partial charge is 0.351 e. The van der Waals surface area contributed by atoms with Crippen molar-refractivity contribution in [3.05, 3.63) is 35.9 Å². The van der Waals surface area contributed by atoms with Gasteiger partial charge in [-0.2, -0.15) is 24.9 Å². The Labute approximate surface area is 190 Å². The molecule has 178 valence electrons. The lowest BCUT2D eigenvalue weighted by Gasteiger charge is -2.33. The number of nitrogens with zero attached hydrogens (tertiary/aromatic N) is 1. The predicted molar refractivity (Wildman–Crippen MR) is 118 cm³/mol. The topological polar surface area (TPSA) is 78.5 Å². The molecule has 0 radical (unpaired) electrons. The quantitative estimate of drug-likeness (QED) is 0.484. The van der Waals surface area contributed by atoms with Crippen molar-refractivity contribution < 1.29 is 27.6 Å². The highest BCUT2D eigenvalue weighted by Gasteiger charge is 2.37. The molecule has 1 saturated heterocycles. The highest BCUT2D eigenvalue weighted by atomic mass is 32.2. The van der Waals surface area contributed by atoms with E-state index in [1.165, 1.54) is 12.5 Å². The van der Waals surface area contributed by atoms with E-state index in [1.54, 1.807) is 0 Å². The van der Waals surface area contributed by atoms with Crippen LogP contribution in [0.5, 0.6) is 0 Å². The van der Waals surface area contributed by atoms with Crippen LogP contribution in [-0.4, -0.2) is 65.4 Å². The lowest BCUT2D eigenvalue weighted by molar-refractivity contribution is -0.167. The molecule has 10 heteroatoms. The molecule has 1 aromatic rings. The van der Waals surface area contributed by atoms with Gasteiger partial charge in [-0.15, -0.1) is 0 Å². The number of Topliss-reactive ketones (excluding diaryl/α,β-unsaturated/α-hetero) is 1. The van der Waals surface area contributed by atoms with Gasteiger partial charge < -0.3 is 10.6 Å². The standard InChI is InChI=1S/C22H30F3N3O3S/c1-16(29)26-19(8-5-13-32-15-20(30)22(23,24)25)21(31)27-18-9-11-28(12-10-18)14-17-6-3-2-4-7-17/h2-4,6-7,18-19H,5,8-15H2,1H3,(H,26,29)(H,27,31)/t19-/m0/s1. The molecule has 1 heterocycles. The van der Waals surface area contributed by atoms with Crippen molar-refractivity contribution >= 4 is 29.4 Å². The zero-order chi connectivity index (χ0) is 23.6. The van der Waals surface area contributed by atoms with Gasteiger partial charge in [-0.05, 0) is 37.0 Å². The zero-order valence-electron chi connectivity index (χ0n) is 18.1. The third-order valence-electron chi connectivity index (χ3n) is 5.21. The van der Waals surface area contributed by atoms with Gasteiger partial charge in [0.05, 0.1) is 5.75 Å². The first-order valence-electron chi connectivity index (χ1n) is 10.7. The lowest BCUT2D eigenvalue weighted by atomic mass is 10.0. The maximum Gasteiger partial charge on any atom is 0.450 e. The summed E-state index contributed by atoms with van der Waals surface area (Å²) in [5.41, 5.74) is 1.25. The van der Waals surface area contributed by atoms with Gasteiger partial charge in [0.15, 0.2) is 0 Å². The first-order chi connectivity index (χ1) is 15.1. The van der Waals surface area contributed by atoms with E-state index in [-0.39, 0.29) is 17.9 Å². The second-order valence-corrected chi connectivity index (χ2v) is 9.02. The minimum Gasteiger partial charge on any atom is -0.351 e. The third kappa shape index (κ3) is 9.60. The van der Waals surface area contributed by atoms with Crippen molar-refractivity contribution in [3.63, 3.8) is 0 Å². The monoisotopic (exact) mass is 473 g/mol. The molecule has 2 N–H and O–H groups in total. The van der Waals surface area contributed by atoms with Crippen molar-refractivity contribution in [2.24, 2.45) is 0 Å². The zero-order valence-corrected chi connectivity index (χ0v) is 18.9. The number of hydrogen-bond donors (Lipinski definition) is 2. The Morgan fingerprint density at radius 3 is 2.41 bits per heavy atom. The first-order valence-corrected chi connectivity index (χ1v) is 11.8. The van der Waals surface area contributed by atoms with E-state index in [1.807, 2.05) is 18.2 Å². The molecule has 0 aliphatic carbocycles. The summed E-state index contributed by atoms with van der Waals surface area (Å²) in [4.78, 5) is 37.4. The second-order valence-electron chi connectivity index (χ2n) is 7.91. The van der Waals surface area contributed by atoms with Gasteiger partial charge >= 0.3 is 6.18 Å². The van der Waals surface area contributed by atoms with Crippen LogP contribution in [0.1, 0.15) is 38.2 Å². The SMILES string of the molecule is CC(=O)N[C@@H](CCCSCC(=O)C(F)(F)F)C(=O)NC1CCN(Cc2ccccc2)CC1. The van der Waals surface area contributed by atoms with Gasteiger partial charge in [0, 0.05) is 32.6 Å². The normalized spacial score (nSPS) is 16.4. The molecule has 1 aliphatic rings. The molecule has 0 spiro atoms. The molecule has 1 atom stereocenters. The van der Waals surface area contributed by atoms with E-state index in [4.69, 9.17) is 0 Å². The summed E-state index contributed by atoms with van der Waals surface area (Å²) in [7, 11) is 0. The summed E-state index contributed by atoms with van der Waals surface area (Å²) in [5.74, 6) is -2.73. The minimum absolute atomic E-state index is 0.0181. The van der Waals surface area contributed by atoms with Crippen LogP contribution >= 0.6 is 11.8 Å². The molecule has 0 aromatic heterocycles. The summed E-state index contributed by atoms with van der Waals surface area (Å²) in [6, 6.07) is 9.46. The maximum absolute atomic E-state index is 12.7. The number of nitrogens with one attached hydrogen (secondary N) is 2. The third-order valence-corrected chi connectivity index (χ3v) is 6.25. The van der Waals surface area contributed by atoms with Crippen molar-refractivity contribution in [1.29, 1.82) is 0 Å². The Morgan fingerprint density at radius 1 is 1.16 bits per heavy atom. The van der Waals surface area contributed by atoms with Crippen LogP contribution in [0.3, 0.4) is 0 Å². The number of likely N-dealkylation sites (tertiary alicyclic amines) is 1. The molecule has 32 heavy (non-hydrogen) atoms. The first kappa shape index (κ1) is 26.2. The fourth-order valence-electron chi connectivity index (χ4n) is 3.53. The molecule has 6 nitrogen and oxygen atoms in total. The average molecular weight is 474 g/mol. The van der Waals surface area contributed by atoms with Crippen molar-refractivity contribution in [2.75, 3.05) is 24.6 Å². The predicted octanol–water partition coefficient (Wildman–Crippen LogP) is 2.92. The molecule has 0 bridgehead atoms. The summed E-state index contributed by atoms with van der Waals surface area (Å²) in [6.07, 6.45) is -2.50. The molecule has 1 fully saturated rings. The number of ketones is 1. The summed E-state index contributed by atoms with van der Waals surface area (Å²) in [5, 5.41) is 5.61. The molecule has 1 aromatic carbocycles. The van der Waals surface area contributed by atoms with Crippen molar-refractivity contribution in [1.82, 2.24) is 15.5 Å². The Hall–Kier alpha value is -2.07. The van der Waals surface area contributed by atoms with E-state index in [0.717, 1.165) is 44.2 Å². The molecule has 0 unspecified atom stereocenters. The Bertz CT molecular complexity index is 754. The minimum atomic E-state index is -4.82. The number of hydrogen-bond acceptors (Lipinski definition) is 5. The number of benzene rings is 1. The molecule has 2 rings (SSSR count). The van der Waals surface area contributed by atoms with Gasteiger partial charge in [-0.3, -0.25) is 19.3 Å². The Balaban J connectivity index is 1.72. The van der Waals surface area contributed by atoms with Gasteiger partial charge in [0.2, 0.25) is 17.6 Å². The van der Waals surface area contributed by atoms with Crippen LogP contribution in [0, 0.1) is 0 Å². The van der Waals surface area contributed by atoms with Crippen LogP contribution in [0.25, 0.3) is 0 Å². The molecular weight excluding hydrogens is 443 g/mol. The van der Waals surface area contributed by atoms with E-state index < -0.39 is 23.8 Å². The molecule has 1 aliphatic heterocycles. The number of rotatable bonds is 11. The van der Waals surface area contributed by atoms with Crippen molar-refractivity contribution in [2.45, 2.75) is 57.4 Å². The Morgan fingerprint density at radius 2 is 1.81 bits per heavy atom. The molecule has 2 amide bonds. The van der Waals surface area contributed by atoms with Crippen molar-refractivity contribution in [3.8, 4) is 0 Å². The molecule has 0 saturated carbocycles. The maximum atomic E-state index is 12.7. The van der Waals surface area contributed by atoms with Gasteiger partial charge in [-0.25, -0.2) is 0 Å². The number of halogens is 3. The highest BCUT2D eigenvalue weighted by Crippen LogP contribution is 2.19. The number of carbonyl (C=O) groups is 3. The van der Waals surface area contributed by atoms with Crippen LogP contribution in [0.2, 0.25) is 0 Å². The highest BCUT2D eigenvalue weighted by molar-refractivity contribution is 7.99. The summed E-state index contributed by atoms with van der Waals surface area (Å²) < 4.78 is 36.7. The van der Waals surface area contributed by atoms with Gasteiger partial charge in [0.1, 0.15) is 6.04 Å². The van der Waals surface area contributed by atoms with E-state index in [2.05, 4.69) is 27.7 Å². The van der Waals surface area contributed by atoms with Gasteiger partial charge in [0.25, 0.3) is 0 Å². The summed E-state index contributed by atoms with van der Waals surface area (Å²) in [6.45, 7) is 3.90. The Kier molecular flexibility index (Phi) is 10.5. The number of alkyl halides is 3. The van der Waals surface area contributed by atoms with E-state index in [9.17, 15) is 27.6 Å². The van der Waals surface area contributed by atoms with Crippen LogP contribution in [-0.2, 0) is 20.9 Å². The fourth-order valence-corrected chi connectivity index (χ4v) is 4.39. The fraction of sp³-hybridized carbons (Fsp3) is 0.591. The summed E-state index contributed by atoms with van der Waals surface area (Å²) >= 11 is 0.878. The number of piperidine rings is 1. The van der Waals surface area contributed by atoms with Gasteiger partial charge in [-0.1, -0.05) is 30.3 Å². The number of amides is 2.